The zero-order valence-electron chi connectivity index (χ0n) is 12.6. The first-order chi connectivity index (χ1) is 8.58. The molecule has 18 heavy (non-hydrogen) atoms. The van der Waals surface area contributed by atoms with Crippen LogP contribution >= 0.6 is 0 Å². The lowest BCUT2D eigenvalue weighted by atomic mass is 9.89. The highest BCUT2D eigenvalue weighted by Crippen LogP contribution is 2.26. The van der Waals surface area contributed by atoms with Gasteiger partial charge in [0.25, 0.3) is 0 Å². The van der Waals surface area contributed by atoms with Gasteiger partial charge in [-0.15, -0.1) is 0 Å². The first-order valence-electron chi connectivity index (χ1n) is 6.91. The van der Waals surface area contributed by atoms with E-state index in [1.807, 2.05) is 6.08 Å². The Balaban J connectivity index is 4.70. The normalized spacial score (nSPS) is 13.3. The van der Waals surface area contributed by atoms with Gasteiger partial charge in [-0.1, -0.05) is 44.7 Å². The Labute approximate surface area is 113 Å². The first kappa shape index (κ1) is 16.8. The highest BCUT2D eigenvalue weighted by molar-refractivity contribution is 5.39. The molecule has 0 aliphatic carbocycles. The van der Waals surface area contributed by atoms with Crippen LogP contribution < -0.4 is 5.32 Å². The molecule has 0 atom stereocenters. The van der Waals surface area contributed by atoms with E-state index in [1.54, 1.807) is 6.20 Å². The van der Waals surface area contributed by atoms with Crippen molar-refractivity contribution in [3.63, 3.8) is 0 Å². The highest BCUT2D eigenvalue weighted by atomic mass is 14.8. The topological polar surface area (TPSA) is 12.0 Å². The fourth-order valence-electron chi connectivity index (χ4n) is 2.08. The summed E-state index contributed by atoms with van der Waals surface area (Å²) in [4.78, 5) is 0. The van der Waals surface area contributed by atoms with E-state index in [-0.39, 0.29) is 0 Å². The second kappa shape index (κ2) is 9.76. The number of allylic oxidation sites excluding steroid dienone is 5. The van der Waals surface area contributed by atoms with Crippen molar-refractivity contribution in [2.45, 2.75) is 47.0 Å². The molecule has 0 aromatic heterocycles. The third-order valence-corrected chi connectivity index (χ3v) is 3.24. The lowest BCUT2D eigenvalue weighted by Gasteiger charge is -2.16. The second-order valence-corrected chi connectivity index (χ2v) is 4.88. The Morgan fingerprint density at radius 1 is 1.22 bits per heavy atom. The summed E-state index contributed by atoms with van der Waals surface area (Å²) >= 11 is 0. The number of unbranched alkanes of at least 4 members (excludes halogenated alkanes) is 1. The minimum Gasteiger partial charge on any atom is -0.391 e. The molecule has 0 spiro atoms. The van der Waals surface area contributed by atoms with Gasteiger partial charge < -0.3 is 5.32 Å². The van der Waals surface area contributed by atoms with Crippen molar-refractivity contribution in [1.82, 2.24) is 5.32 Å². The zero-order chi connectivity index (χ0) is 14.0. The van der Waals surface area contributed by atoms with E-state index in [2.05, 4.69) is 52.2 Å². The average Bonchev–Trinajstić information content (AvgIpc) is 2.35. The summed E-state index contributed by atoms with van der Waals surface area (Å²) in [5.74, 6) is 0.540. The third-order valence-electron chi connectivity index (χ3n) is 3.24. The molecule has 0 aliphatic heterocycles. The predicted molar refractivity (Wildman–Crippen MR) is 83.5 cm³/mol. The number of nitrogens with one attached hydrogen (secondary N) is 1. The molecule has 0 saturated heterocycles. The Bertz CT molecular complexity index is 319. The summed E-state index contributed by atoms with van der Waals surface area (Å²) in [6.07, 6.45) is 9.49. The molecule has 0 heterocycles. The van der Waals surface area contributed by atoms with Crippen molar-refractivity contribution >= 4 is 0 Å². The molecule has 0 rings (SSSR count). The van der Waals surface area contributed by atoms with E-state index >= 15 is 0 Å². The minimum absolute atomic E-state index is 0.540. The molecule has 1 nitrogen and oxygen atoms in total. The van der Waals surface area contributed by atoms with Crippen LogP contribution in [0.4, 0.5) is 0 Å². The molecular formula is C17H29N. The van der Waals surface area contributed by atoms with Crippen LogP contribution in [-0.4, -0.2) is 6.54 Å². The van der Waals surface area contributed by atoms with Gasteiger partial charge in [0.15, 0.2) is 0 Å². The summed E-state index contributed by atoms with van der Waals surface area (Å²) in [5.41, 5.74) is 4.25. The van der Waals surface area contributed by atoms with Gasteiger partial charge in [0.2, 0.25) is 0 Å². The maximum Gasteiger partial charge on any atom is 0.0141 e. The fourth-order valence-corrected chi connectivity index (χ4v) is 2.08. The minimum atomic E-state index is 0.540. The summed E-state index contributed by atoms with van der Waals surface area (Å²) < 4.78 is 0. The summed E-state index contributed by atoms with van der Waals surface area (Å²) in [5, 5.41) is 3.14. The lowest BCUT2D eigenvalue weighted by molar-refractivity contribution is 0.683. The van der Waals surface area contributed by atoms with Gasteiger partial charge >= 0.3 is 0 Å². The largest absolute Gasteiger partial charge is 0.391 e. The van der Waals surface area contributed by atoms with Crippen LogP contribution in [-0.2, 0) is 0 Å². The first-order valence-corrected chi connectivity index (χ1v) is 6.91. The molecule has 0 bridgehead atoms. The smallest absolute Gasteiger partial charge is 0.0141 e. The monoisotopic (exact) mass is 247 g/mol. The molecule has 0 aliphatic rings. The molecule has 0 saturated carbocycles. The average molecular weight is 247 g/mol. The summed E-state index contributed by atoms with van der Waals surface area (Å²) in [7, 11) is 0. The molecule has 102 valence electrons. The Kier molecular flexibility index (Phi) is 9.08. The van der Waals surface area contributed by atoms with Crippen molar-refractivity contribution in [1.29, 1.82) is 0 Å². The molecule has 0 radical (unpaired) electrons. The van der Waals surface area contributed by atoms with Crippen molar-refractivity contribution < 1.29 is 0 Å². The molecule has 1 heteroatoms. The van der Waals surface area contributed by atoms with Crippen LogP contribution in [0.1, 0.15) is 47.0 Å². The van der Waals surface area contributed by atoms with Gasteiger partial charge in [-0.3, -0.25) is 0 Å². The van der Waals surface area contributed by atoms with E-state index in [0.717, 1.165) is 13.0 Å². The van der Waals surface area contributed by atoms with Gasteiger partial charge in [0, 0.05) is 6.54 Å². The second-order valence-electron chi connectivity index (χ2n) is 4.88. The van der Waals surface area contributed by atoms with E-state index in [1.165, 1.54) is 29.6 Å². The van der Waals surface area contributed by atoms with E-state index in [0.29, 0.717) is 5.92 Å². The van der Waals surface area contributed by atoms with E-state index in [9.17, 15) is 0 Å². The Hall–Kier alpha value is -1.24. The van der Waals surface area contributed by atoms with Gasteiger partial charge in [-0.05, 0) is 56.4 Å². The van der Waals surface area contributed by atoms with Crippen molar-refractivity contribution in [2.75, 3.05) is 6.54 Å². The van der Waals surface area contributed by atoms with Gasteiger partial charge in [0.1, 0.15) is 0 Å². The molecule has 0 amide bonds. The van der Waals surface area contributed by atoms with Gasteiger partial charge in [0.05, 0.1) is 0 Å². The van der Waals surface area contributed by atoms with Crippen LogP contribution in [0, 0.1) is 5.92 Å². The highest BCUT2D eigenvalue weighted by Gasteiger charge is 2.09. The third kappa shape index (κ3) is 5.90. The van der Waals surface area contributed by atoms with Crippen LogP contribution in [0.3, 0.4) is 0 Å². The summed E-state index contributed by atoms with van der Waals surface area (Å²) in [6, 6.07) is 0. The quantitative estimate of drug-likeness (QED) is 0.447. The number of hydrogen-bond donors (Lipinski definition) is 1. The van der Waals surface area contributed by atoms with Crippen LogP contribution in [0.5, 0.6) is 0 Å². The van der Waals surface area contributed by atoms with Crippen molar-refractivity contribution in [3.8, 4) is 0 Å². The van der Waals surface area contributed by atoms with Crippen LogP contribution in [0.15, 0.2) is 48.2 Å². The predicted octanol–water partition coefficient (Wildman–Crippen LogP) is 4.99. The molecule has 0 aromatic rings. The lowest BCUT2D eigenvalue weighted by Crippen LogP contribution is -2.06. The van der Waals surface area contributed by atoms with Crippen LogP contribution in [0.25, 0.3) is 0 Å². The zero-order valence-corrected chi connectivity index (χ0v) is 12.6. The maximum absolute atomic E-state index is 3.97. The summed E-state index contributed by atoms with van der Waals surface area (Å²) in [6.45, 7) is 17.4. The Morgan fingerprint density at radius 2 is 1.89 bits per heavy atom. The van der Waals surface area contributed by atoms with Crippen molar-refractivity contribution in [3.05, 3.63) is 48.2 Å². The van der Waals surface area contributed by atoms with Crippen LogP contribution in [0.2, 0.25) is 0 Å². The number of hydrogen-bond acceptors (Lipinski definition) is 1. The number of rotatable bonds is 9. The van der Waals surface area contributed by atoms with Crippen molar-refractivity contribution in [2.24, 2.45) is 5.92 Å². The molecular weight excluding hydrogens is 218 g/mol. The van der Waals surface area contributed by atoms with Gasteiger partial charge in [-0.25, -0.2) is 0 Å². The van der Waals surface area contributed by atoms with Gasteiger partial charge in [-0.2, -0.15) is 0 Å². The Morgan fingerprint density at radius 3 is 2.33 bits per heavy atom. The molecule has 0 fully saturated rings. The van der Waals surface area contributed by atoms with E-state index in [4.69, 9.17) is 0 Å². The maximum atomic E-state index is 3.97. The molecule has 0 aromatic carbocycles. The molecule has 0 unspecified atom stereocenters. The van der Waals surface area contributed by atoms with E-state index < -0.39 is 0 Å². The fraction of sp³-hybridized carbons (Fsp3) is 0.529. The SMILES string of the molecule is C=CNCCCCC(/C(C)=C\C)=C(/C=C)C(C)C. The standard InChI is InChI=1S/C17H29N/c1-7-15(6)17(16(8-2)14(4)5)12-10-11-13-18-9-3/h7-9,14,18H,2-3,10-13H2,1,4-6H3/b15-7-,17-16+. The molecule has 1 N–H and O–H groups in total.